The molecule has 0 atom stereocenters. The highest BCUT2D eigenvalue weighted by molar-refractivity contribution is 9.10. The second kappa shape index (κ2) is 6.72. The fourth-order valence-corrected chi connectivity index (χ4v) is 4.75. The monoisotopic (exact) mass is 424 g/mol. The van der Waals surface area contributed by atoms with E-state index in [0.29, 0.717) is 5.56 Å². The molecule has 0 saturated carbocycles. The Kier molecular flexibility index (Phi) is 5.39. The van der Waals surface area contributed by atoms with E-state index in [2.05, 4.69) is 20.7 Å². The van der Waals surface area contributed by atoms with Gasteiger partial charge in [0.15, 0.2) is 0 Å². The molecule has 0 fully saturated rings. The Morgan fingerprint density at radius 2 is 2.14 bits per heavy atom. The van der Waals surface area contributed by atoms with Gasteiger partial charge in [-0.15, -0.1) is 11.3 Å². The molecular weight excluding hydrogens is 416 g/mol. The molecule has 0 aliphatic heterocycles. The van der Waals surface area contributed by atoms with Crippen LogP contribution in [-0.2, 0) is 16.6 Å². The van der Waals surface area contributed by atoms with Crippen LogP contribution in [-0.4, -0.2) is 13.4 Å². The number of thiophene rings is 1. The van der Waals surface area contributed by atoms with E-state index in [0.717, 1.165) is 9.35 Å². The molecule has 21 heavy (non-hydrogen) atoms. The molecule has 0 bridgehead atoms. The minimum absolute atomic E-state index is 0.00292. The van der Waals surface area contributed by atoms with Crippen molar-refractivity contribution in [3.8, 4) is 0 Å². The Labute approximate surface area is 145 Å². The third-order valence-electron chi connectivity index (χ3n) is 2.62. The number of rotatable bonds is 5. The van der Waals surface area contributed by atoms with Crippen molar-refractivity contribution < 1.29 is 8.42 Å². The minimum Gasteiger partial charge on any atom is -0.389 e. The molecule has 2 aromatic rings. The second-order valence-electron chi connectivity index (χ2n) is 4.03. The molecule has 2 rings (SSSR count). The zero-order valence-corrected chi connectivity index (χ0v) is 15.3. The van der Waals surface area contributed by atoms with Crippen molar-refractivity contribution in [2.24, 2.45) is 5.73 Å². The maximum absolute atomic E-state index is 12.3. The van der Waals surface area contributed by atoms with Crippen molar-refractivity contribution in [3.05, 3.63) is 49.6 Å². The van der Waals surface area contributed by atoms with E-state index in [4.69, 9.17) is 29.6 Å². The third-order valence-corrected chi connectivity index (χ3v) is 6.67. The van der Waals surface area contributed by atoms with E-state index in [-0.39, 0.29) is 21.5 Å². The number of benzene rings is 1. The lowest BCUT2D eigenvalue weighted by molar-refractivity contribution is 0.582. The number of halogens is 2. The van der Waals surface area contributed by atoms with Gasteiger partial charge in [-0.3, -0.25) is 0 Å². The molecule has 1 aromatic heterocycles. The molecule has 9 heteroatoms. The Morgan fingerprint density at radius 1 is 1.43 bits per heavy atom. The Balaban J connectivity index is 2.23. The van der Waals surface area contributed by atoms with Crippen LogP contribution in [0.15, 0.2) is 39.0 Å². The van der Waals surface area contributed by atoms with Gasteiger partial charge in [0.25, 0.3) is 0 Å². The first-order valence-corrected chi connectivity index (χ1v) is 9.56. The fraction of sp³-hybridized carbons (Fsp3) is 0.0833. The van der Waals surface area contributed by atoms with Crippen LogP contribution < -0.4 is 10.5 Å². The summed E-state index contributed by atoms with van der Waals surface area (Å²) < 4.78 is 27.9. The van der Waals surface area contributed by atoms with Gasteiger partial charge < -0.3 is 5.73 Å². The van der Waals surface area contributed by atoms with Gasteiger partial charge in [0.05, 0.1) is 5.02 Å². The summed E-state index contributed by atoms with van der Waals surface area (Å²) in [6, 6.07) is 6.23. The third kappa shape index (κ3) is 4.02. The molecule has 1 aromatic carbocycles. The summed E-state index contributed by atoms with van der Waals surface area (Å²) in [7, 11) is -3.71. The van der Waals surface area contributed by atoms with Gasteiger partial charge >= 0.3 is 0 Å². The van der Waals surface area contributed by atoms with Crippen molar-refractivity contribution >= 4 is 66.1 Å². The summed E-state index contributed by atoms with van der Waals surface area (Å²) in [6.07, 6.45) is 0. The quantitative estimate of drug-likeness (QED) is 0.721. The molecule has 112 valence electrons. The Hall–Kier alpha value is -0.510. The summed E-state index contributed by atoms with van der Waals surface area (Å²) in [6.45, 7) is 0.188. The topological polar surface area (TPSA) is 72.2 Å². The standard InChI is InChI=1S/C12H10BrClN2O2S3/c13-8-3-4-20-10(8)6-16-21(17,18)11-2-1-7(12(15)19)5-9(11)14/h1-5,16H,6H2,(H2,15,19). The maximum atomic E-state index is 12.3. The second-order valence-corrected chi connectivity index (χ2v) is 8.46. The average molecular weight is 426 g/mol. The highest BCUT2D eigenvalue weighted by atomic mass is 79.9. The number of hydrogen-bond acceptors (Lipinski definition) is 4. The van der Waals surface area contributed by atoms with Crippen molar-refractivity contribution in [1.82, 2.24) is 4.72 Å². The minimum atomic E-state index is -3.71. The Morgan fingerprint density at radius 3 is 2.67 bits per heavy atom. The van der Waals surface area contributed by atoms with Gasteiger partial charge in [0.1, 0.15) is 9.88 Å². The van der Waals surface area contributed by atoms with Gasteiger partial charge in [-0.1, -0.05) is 29.9 Å². The Bertz CT molecular complexity index is 790. The molecule has 4 nitrogen and oxygen atoms in total. The predicted octanol–water partition coefficient (Wildman–Crippen LogP) is 3.28. The molecule has 0 radical (unpaired) electrons. The van der Waals surface area contributed by atoms with Crippen LogP contribution in [0.3, 0.4) is 0 Å². The highest BCUT2D eigenvalue weighted by Gasteiger charge is 2.19. The molecule has 1 heterocycles. The van der Waals surface area contributed by atoms with Crippen molar-refractivity contribution in [2.75, 3.05) is 0 Å². The van der Waals surface area contributed by atoms with Gasteiger partial charge in [-0.05, 0) is 39.5 Å². The number of thiocarbonyl (C=S) groups is 1. The zero-order valence-electron chi connectivity index (χ0n) is 10.5. The first-order valence-electron chi connectivity index (χ1n) is 5.62. The summed E-state index contributed by atoms with van der Waals surface area (Å²) in [5, 5.41) is 1.95. The predicted molar refractivity (Wildman–Crippen MR) is 93.4 cm³/mol. The summed E-state index contributed by atoms with van der Waals surface area (Å²) in [4.78, 5) is 1.04. The largest absolute Gasteiger partial charge is 0.389 e. The summed E-state index contributed by atoms with van der Waals surface area (Å²) in [5.74, 6) is 0. The lowest BCUT2D eigenvalue weighted by Crippen LogP contribution is -2.23. The van der Waals surface area contributed by atoms with Gasteiger partial charge in [-0.25, -0.2) is 13.1 Å². The van der Waals surface area contributed by atoms with E-state index >= 15 is 0 Å². The van der Waals surface area contributed by atoms with Crippen molar-refractivity contribution in [3.63, 3.8) is 0 Å². The molecule has 0 aliphatic rings. The van der Waals surface area contributed by atoms with Crippen molar-refractivity contribution in [2.45, 2.75) is 11.4 Å². The van der Waals surface area contributed by atoms with E-state index in [1.165, 1.54) is 29.5 Å². The van der Waals surface area contributed by atoms with Gasteiger partial charge in [-0.2, -0.15) is 0 Å². The maximum Gasteiger partial charge on any atom is 0.242 e. The lowest BCUT2D eigenvalue weighted by Gasteiger charge is -2.09. The van der Waals surface area contributed by atoms with Crippen LogP contribution in [0.4, 0.5) is 0 Å². The highest BCUT2D eigenvalue weighted by Crippen LogP contribution is 2.25. The van der Waals surface area contributed by atoms with Crippen LogP contribution in [0.2, 0.25) is 5.02 Å². The first-order chi connectivity index (χ1) is 9.81. The van der Waals surface area contributed by atoms with E-state index in [1.54, 1.807) is 0 Å². The van der Waals surface area contributed by atoms with E-state index in [9.17, 15) is 8.42 Å². The van der Waals surface area contributed by atoms with Crippen LogP contribution in [0.5, 0.6) is 0 Å². The number of nitrogens with one attached hydrogen (secondary N) is 1. The summed E-state index contributed by atoms with van der Waals surface area (Å²) >= 11 is 15.6. The van der Waals surface area contributed by atoms with Crippen LogP contribution >= 0.6 is 51.1 Å². The molecular formula is C12H10BrClN2O2S3. The number of sulfonamides is 1. The molecule has 0 amide bonds. The van der Waals surface area contributed by atoms with Crippen LogP contribution in [0.25, 0.3) is 0 Å². The molecule has 0 spiro atoms. The summed E-state index contributed by atoms with van der Waals surface area (Å²) in [5.41, 5.74) is 6.01. The molecule has 0 unspecified atom stereocenters. The zero-order chi connectivity index (χ0) is 15.6. The normalized spacial score (nSPS) is 11.5. The number of hydrogen-bond donors (Lipinski definition) is 2. The molecule has 3 N–H and O–H groups in total. The number of nitrogens with two attached hydrogens (primary N) is 1. The van der Waals surface area contributed by atoms with Crippen molar-refractivity contribution in [1.29, 1.82) is 0 Å². The van der Waals surface area contributed by atoms with E-state index < -0.39 is 10.0 Å². The first kappa shape index (κ1) is 16.9. The molecule has 0 aliphatic carbocycles. The average Bonchev–Trinajstić information content (AvgIpc) is 2.81. The van der Waals surface area contributed by atoms with Crippen LogP contribution in [0, 0.1) is 0 Å². The van der Waals surface area contributed by atoms with Gasteiger partial charge in [0.2, 0.25) is 10.0 Å². The van der Waals surface area contributed by atoms with Gasteiger partial charge in [0, 0.05) is 21.5 Å². The fourth-order valence-electron chi connectivity index (χ4n) is 1.56. The smallest absolute Gasteiger partial charge is 0.242 e. The van der Waals surface area contributed by atoms with E-state index in [1.807, 2.05) is 11.4 Å². The van der Waals surface area contributed by atoms with Crippen LogP contribution in [0.1, 0.15) is 10.4 Å². The lowest BCUT2D eigenvalue weighted by atomic mass is 10.2. The SMILES string of the molecule is NC(=S)c1ccc(S(=O)(=O)NCc2sccc2Br)c(Cl)c1. The molecule has 0 saturated heterocycles.